The van der Waals surface area contributed by atoms with E-state index in [9.17, 15) is 0 Å². The van der Waals surface area contributed by atoms with Gasteiger partial charge in [0.1, 0.15) is 0 Å². The van der Waals surface area contributed by atoms with Crippen LogP contribution in [0.15, 0.2) is 0 Å². The van der Waals surface area contributed by atoms with Crippen LogP contribution in [0.2, 0.25) is 0 Å². The van der Waals surface area contributed by atoms with Gasteiger partial charge in [-0.05, 0) is 46.4 Å². The zero-order valence-electron chi connectivity index (χ0n) is 12.0. The summed E-state index contributed by atoms with van der Waals surface area (Å²) in [6.45, 7) is 6.59. The predicted molar refractivity (Wildman–Crippen MR) is 75.0 cm³/mol. The Bertz CT molecular complexity index is 237. The van der Waals surface area contributed by atoms with Gasteiger partial charge in [-0.1, -0.05) is 6.42 Å². The molecule has 106 valence electrons. The highest BCUT2D eigenvalue weighted by molar-refractivity contribution is 4.81. The van der Waals surface area contributed by atoms with Crippen molar-refractivity contribution >= 4 is 0 Å². The Hall–Kier alpha value is -0.160. The Kier molecular flexibility index (Phi) is 5.89. The summed E-state index contributed by atoms with van der Waals surface area (Å²) in [6, 6.07) is 0.766. The standard InChI is InChI=1S/C14H29N3O/c1-15-7-6-13-5-3-4-8-17(13)12-14-11-16(2)9-10-18-14/h13-15H,3-12H2,1-2H3. The molecule has 2 aliphatic rings. The van der Waals surface area contributed by atoms with Crippen molar-refractivity contribution in [2.45, 2.75) is 37.8 Å². The number of piperidine rings is 1. The molecule has 2 rings (SSSR count). The SMILES string of the molecule is CNCCC1CCCCN1CC1CN(C)CCO1. The summed E-state index contributed by atoms with van der Waals surface area (Å²) < 4.78 is 5.90. The molecule has 2 aliphatic heterocycles. The molecule has 0 spiro atoms. The van der Waals surface area contributed by atoms with Crippen molar-refractivity contribution in [3.63, 3.8) is 0 Å². The molecule has 0 aromatic carbocycles. The van der Waals surface area contributed by atoms with Gasteiger partial charge in [-0.25, -0.2) is 0 Å². The van der Waals surface area contributed by atoms with E-state index < -0.39 is 0 Å². The maximum atomic E-state index is 5.90. The lowest BCUT2D eigenvalue weighted by Crippen LogP contribution is -2.50. The molecule has 0 amide bonds. The molecule has 0 aromatic rings. The molecule has 0 bridgehead atoms. The molecule has 2 atom stereocenters. The third-order valence-electron chi connectivity index (χ3n) is 4.26. The van der Waals surface area contributed by atoms with Gasteiger partial charge in [0.05, 0.1) is 12.7 Å². The van der Waals surface area contributed by atoms with Gasteiger partial charge in [0.2, 0.25) is 0 Å². The van der Waals surface area contributed by atoms with Gasteiger partial charge in [0.25, 0.3) is 0 Å². The zero-order valence-corrected chi connectivity index (χ0v) is 12.0. The van der Waals surface area contributed by atoms with E-state index in [-0.39, 0.29) is 0 Å². The van der Waals surface area contributed by atoms with Crippen molar-refractivity contribution in [3.05, 3.63) is 0 Å². The van der Waals surface area contributed by atoms with Crippen LogP contribution in [0.25, 0.3) is 0 Å². The van der Waals surface area contributed by atoms with Crippen molar-refractivity contribution in [1.29, 1.82) is 0 Å². The molecule has 4 nitrogen and oxygen atoms in total. The highest BCUT2D eigenvalue weighted by Gasteiger charge is 2.26. The zero-order chi connectivity index (χ0) is 12.8. The third kappa shape index (κ3) is 4.19. The molecule has 2 fully saturated rings. The normalized spacial score (nSPS) is 31.7. The molecule has 0 radical (unpaired) electrons. The lowest BCUT2D eigenvalue weighted by atomic mass is 9.98. The summed E-state index contributed by atoms with van der Waals surface area (Å²) in [7, 11) is 4.25. The summed E-state index contributed by atoms with van der Waals surface area (Å²) in [4.78, 5) is 5.06. The molecule has 2 unspecified atom stereocenters. The number of likely N-dealkylation sites (tertiary alicyclic amines) is 1. The maximum Gasteiger partial charge on any atom is 0.0829 e. The van der Waals surface area contributed by atoms with Gasteiger partial charge >= 0.3 is 0 Å². The summed E-state index contributed by atoms with van der Waals surface area (Å²) in [5, 5.41) is 3.28. The molecule has 18 heavy (non-hydrogen) atoms. The average molecular weight is 255 g/mol. The molecular weight excluding hydrogens is 226 g/mol. The minimum atomic E-state index is 0.416. The number of nitrogens with one attached hydrogen (secondary N) is 1. The van der Waals surface area contributed by atoms with E-state index in [1.165, 1.54) is 32.2 Å². The van der Waals surface area contributed by atoms with Gasteiger partial charge in [-0.15, -0.1) is 0 Å². The monoisotopic (exact) mass is 255 g/mol. The Morgan fingerprint density at radius 1 is 1.28 bits per heavy atom. The number of hydrogen-bond donors (Lipinski definition) is 1. The second kappa shape index (κ2) is 7.43. The van der Waals surface area contributed by atoms with Crippen LogP contribution in [-0.2, 0) is 4.74 Å². The van der Waals surface area contributed by atoms with E-state index in [4.69, 9.17) is 4.74 Å². The van der Waals surface area contributed by atoms with Crippen molar-refractivity contribution in [3.8, 4) is 0 Å². The number of hydrogen-bond acceptors (Lipinski definition) is 4. The first-order chi connectivity index (χ1) is 8.79. The van der Waals surface area contributed by atoms with E-state index in [1.807, 2.05) is 7.05 Å². The second-order valence-corrected chi connectivity index (χ2v) is 5.79. The first-order valence-corrected chi connectivity index (χ1v) is 7.48. The lowest BCUT2D eigenvalue weighted by Gasteiger charge is -2.40. The molecule has 0 saturated carbocycles. The topological polar surface area (TPSA) is 27.7 Å². The van der Waals surface area contributed by atoms with Crippen LogP contribution in [-0.4, -0.2) is 75.4 Å². The smallest absolute Gasteiger partial charge is 0.0829 e. The van der Waals surface area contributed by atoms with E-state index in [1.54, 1.807) is 0 Å². The van der Waals surface area contributed by atoms with Gasteiger partial charge in [-0.2, -0.15) is 0 Å². The number of rotatable bonds is 5. The third-order valence-corrected chi connectivity index (χ3v) is 4.26. The van der Waals surface area contributed by atoms with Crippen LogP contribution in [0, 0.1) is 0 Å². The molecule has 0 aromatic heterocycles. The summed E-state index contributed by atoms with van der Waals surface area (Å²) >= 11 is 0. The lowest BCUT2D eigenvalue weighted by molar-refractivity contribution is -0.0457. The van der Waals surface area contributed by atoms with Crippen molar-refractivity contribution in [2.24, 2.45) is 0 Å². The molecule has 4 heteroatoms. The van der Waals surface area contributed by atoms with Gasteiger partial charge in [0.15, 0.2) is 0 Å². The Balaban J connectivity index is 1.80. The molecule has 1 N–H and O–H groups in total. The van der Waals surface area contributed by atoms with Crippen LogP contribution in [0.5, 0.6) is 0 Å². The van der Waals surface area contributed by atoms with Gasteiger partial charge in [0, 0.05) is 25.7 Å². The first-order valence-electron chi connectivity index (χ1n) is 7.48. The Morgan fingerprint density at radius 2 is 2.17 bits per heavy atom. The second-order valence-electron chi connectivity index (χ2n) is 5.79. The van der Waals surface area contributed by atoms with Crippen LogP contribution in [0.1, 0.15) is 25.7 Å². The highest BCUT2D eigenvalue weighted by atomic mass is 16.5. The minimum Gasteiger partial charge on any atom is -0.374 e. The molecule has 2 heterocycles. The number of nitrogens with zero attached hydrogens (tertiary/aromatic N) is 2. The number of ether oxygens (including phenoxy) is 1. The van der Waals surface area contributed by atoms with Crippen molar-refractivity contribution in [1.82, 2.24) is 15.1 Å². The molecule has 0 aliphatic carbocycles. The van der Waals surface area contributed by atoms with Crippen molar-refractivity contribution in [2.75, 3.05) is 53.4 Å². The van der Waals surface area contributed by atoms with Gasteiger partial charge in [-0.3, -0.25) is 4.90 Å². The summed E-state index contributed by atoms with van der Waals surface area (Å²) in [5.41, 5.74) is 0. The quantitative estimate of drug-likeness (QED) is 0.786. The van der Waals surface area contributed by atoms with Crippen LogP contribution < -0.4 is 5.32 Å². The number of morpholine rings is 1. The predicted octanol–water partition coefficient (Wildman–Crippen LogP) is 0.781. The first kappa shape index (κ1) is 14.3. The Labute approximate surface area is 112 Å². The average Bonchev–Trinajstić information content (AvgIpc) is 2.38. The van der Waals surface area contributed by atoms with Crippen molar-refractivity contribution < 1.29 is 4.74 Å². The molecule has 2 saturated heterocycles. The van der Waals surface area contributed by atoms with Crippen LogP contribution in [0.4, 0.5) is 0 Å². The number of likely N-dealkylation sites (N-methyl/N-ethyl adjacent to an activating group) is 1. The van der Waals surface area contributed by atoms with Crippen LogP contribution >= 0.6 is 0 Å². The minimum absolute atomic E-state index is 0.416. The van der Waals surface area contributed by atoms with E-state index >= 15 is 0 Å². The van der Waals surface area contributed by atoms with E-state index in [0.717, 1.165) is 38.8 Å². The highest BCUT2D eigenvalue weighted by Crippen LogP contribution is 2.20. The fourth-order valence-electron chi connectivity index (χ4n) is 3.18. The fraction of sp³-hybridized carbons (Fsp3) is 1.00. The Morgan fingerprint density at radius 3 is 2.94 bits per heavy atom. The largest absolute Gasteiger partial charge is 0.374 e. The summed E-state index contributed by atoms with van der Waals surface area (Å²) in [5.74, 6) is 0. The van der Waals surface area contributed by atoms with E-state index in [2.05, 4.69) is 22.2 Å². The fourth-order valence-corrected chi connectivity index (χ4v) is 3.18. The molecular formula is C14H29N3O. The summed E-state index contributed by atoms with van der Waals surface area (Å²) in [6.07, 6.45) is 5.82. The van der Waals surface area contributed by atoms with Gasteiger partial charge < -0.3 is 15.0 Å². The van der Waals surface area contributed by atoms with E-state index in [0.29, 0.717) is 6.10 Å². The maximum absolute atomic E-state index is 5.90. The van der Waals surface area contributed by atoms with Crippen LogP contribution in [0.3, 0.4) is 0 Å².